The second kappa shape index (κ2) is 3.38. The van der Waals surface area contributed by atoms with Crippen LogP contribution in [0.5, 0.6) is 0 Å². The summed E-state index contributed by atoms with van der Waals surface area (Å²) in [5.41, 5.74) is 0. The first kappa shape index (κ1) is 12.0. The Balaban J connectivity index is 5.01. The molecule has 0 radical (unpaired) electrons. The van der Waals surface area contributed by atoms with Crippen molar-refractivity contribution >= 4 is 0 Å². The molecule has 1 nitrogen and oxygen atoms in total. The van der Waals surface area contributed by atoms with E-state index < -0.39 is 29.8 Å². The Morgan fingerprint density at radius 1 is 0.923 bits per heavy atom. The van der Waals surface area contributed by atoms with Crippen LogP contribution in [0.1, 0.15) is 0 Å². The fourth-order valence-corrected chi connectivity index (χ4v) is 0.435. The molecule has 0 heterocycles. The standard InChI is InChI=1S/C4HF8N/c5-1-2(6)13(3(7,8)9)4(10,11)12/h1H/b2-1-. The molecule has 0 fully saturated rings. The zero-order valence-electron chi connectivity index (χ0n) is 5.55. The van der Waals surface area contributed by atoms with Crippen molar-refractivity contribution in [1.29, 1.82) is 0 Å². The van der Waals surface area contributed by atoms with Crippen molar-refractivity contribution in [2.24, 2.45) is 0 Å². The van der Waals surface area contributed by atoms with E-state index in [1.807, 2.05) is 0 Å². The molecule has 0 bridgehead atoms. The van der Waals surface area contributed by atoms with E-state index in [2.05, 4.69) is 0 Å². The summed E-state index contributed by atoms with van der Waals surface area (Å²) in [6, 6.07) is 0. The van der Waals surface area contributed by atoms with Crippen LogP contribution < -0.4 is 0 Å². The predicted octanol–water partition coefficient (Wildman–Crippen LogP) is 3.07. The maximum absolute atomic E-state index is 11.8. The lowest BCUT2D eigenvalue weighted by atomic mass is 10.7. The maximum atomic E-state index is 11.8. The fourth-order valence-electron chi connectivity index (χ4n) is 0.435. The van der Waals surface area contributed by atoms with Gasteiger partial charge in [0.25, 0.3) is 0 Å². The maximum Gasteiger partial charge on any atom is 0.493 e. The third kappa shape index (κ3) is 3.07. The average Bonchev–Trinajstić information content (AvgIpc) is 1.80. The molecule has 0 aromatic heterocycles. The van der Waals surface area contributed by atoms with Gasteiger partial charge in [0.15, 0.2) is 0 Å². The summed E-state index contributed by atoms with van der Waals surface area (Å²) in [4.78, 5) is -2.58. The molecule has 0 rings (SSSR count). The number of hydrogen-bond acceptors (Lipinski definition) is 1. The monoisotopic (exact) mass is 215 g/mol. The van der Waals surface area contributed by atoms with Crippen molar-refractivity contribution in [3.63, 3.8) is 0 Å². The second-order valence-corrected chi connectivity index (χ2v) is 1.70. The quantitative estimate of drug-likeness (QED) is 0.479. The Labute approximate surface area is 66.2 Å². The van der Waals surface area contributed by atoms with Crippen LogP contribution in [0.3, 0.4) is 0 Å². The van der Waals surface area contributed by atoms with Crippen molar-refractivity contribution in [2.45, 2.75) is 12.6 Å². The van der Waals surface area contributed by atoms with Gasteiger partial charge in [-0.1, -0.05) is 0 Å². The highest BCUT2D eigenvalue weighted by Crippen LogP contribution is 2.37. The molecule has 13 heavy (non-hydrogen) atoms. The molecule has 78 valence electrons. The molecule has 0 atom stereocenters. The van der Waals surface area contributed by atoms with Gasteiger partial charge in [-0.3, -0.25) is 0 Å². The van der Waals surface area contributed by atoms with Gasteiger partial charge in [0.1, 0.15) is 6.33 Å². The summed E-state index contributed by atoms with van der Waals surface area (Å²) in [5.74, 6) is -3.07. The third-order valence-corrected chi connectivity index (χ3v) is 0.811. The van der Waals surface area contributed by atoms with Gasteiger partial charge in [-0.25, -0.2) is 4.39 Å². The van der Waals surface area contributed by atoms with Crippen LogP contribution in [-0.4, -0.2) is 17.5 Å². The molecule has 0 amide bonds. The first-order valence-corrected chi connectivity index (χ1v) is 2.50. The van der Waals surface area contributed by atoms with E-state index in [-0.39, 0.29) is 0 Å². The Kier molecular flexibility index (Phi) is 3.12. The minimum Gasteiger partial charge on any atom is -0.211 e. The van der Waals surface area contributed by atoms with Gasteiger partial charge < -0.3 is 0 Å². The van der Waals surface area contributed by atoms with Gasteiger partial charge >= 0.3 is 12.6 Å². The zero-order valence-corrected chi connectivity index (χ0v) is 5.55. The summed E-state index contributed by atoms with van der Waals surface area (Å²) in [5, 5.41) is 0. The molecule has 0 aliphatic carbocycles. The molecule has 0 N–H and O–H groups in total. The Morgan fingerprint density at radius 2 is 1.23 bits per heavy atom. The highest BCUT2D eigenvalue weighted by Gasteiger charge is 2.55. The topological polar surface area (TPSA) is 3.24 Å². The van der Waals surface area contributed by atoms with Gasteiger partial charge in [-0.2, -0.15) is 9.29 Å². The largest absolute Gasteiger partial charge is 0.493 e. The van der Waals surface area contributed by atoms with Gasteiger partial charge in [-0.15, -0.1) is 26.3 Å². The minimum absolute atomic E-state index is 1.43. The molecule has 0 aromatic rings. The van der Waals surface area contributed by atoms with Crippen molar-refractivity contribution in [2.75, 3.05) is 0 Å². The van der Waals surface area contributed by atoms with Crippen LogP contribution in [0.4, 0.5) is 35.1 Å². The summed E-state index contributed by atoms with van der Waals surface area (Å²) < 4.78 is 91.4. The zero-order chi connectivity index (χ0) is 10.9. The summed E-state index contributed by atoms with van der Waals surface area (Å²) in [6.07, 6.45) is -13.5. The Bertz CT molecular complexity index is 185. The second-order valence-electron chi connectivity index (χ2n) is 1.70. The van der Waals surface area contributed by atoms with E-state index in [4.69, 9.17) is 0 Å². The normalized spacial score (nSPS) is 14.6. The SMILES string of the molecule is F/C=C(/F)N(C(F)(F)F)C(F)(F)F. The molecule has 0 aliphatic heterocycles. The molecular weight excluding hydrogens is 214 g/mol. The molecule has 0 saturated carbocycles. The van der Waals surface area contributed by atoms with Crippen LogP contribution in [0, 0.1) is 0 Å². The smallest absolute Gasteiger partial charge is 0.211 e. The number of hydrogen-bond donors (Lipinski definition) is 0. The molecule has 0 unspecified atom stereocenters. The number of rotatable bonds is 1. The van der Waals surface area contributed by atoms with Crippen LogP contribution >= 0.6 is 0 Å². The molecule has 9 heteroatoms. The Hall–Kier alpha value is -1.02. The number of alkyl halides is 6. The van der Waals surface area contributed by atoms with E-state index in [9.17, 15) is 35.1 Å². The van der Waals surface area contributed by atoms with Crippen molar-refractivity contribution in [3.05, 3.63) is 12.3 Å². The number of nitrogens with zero attached hydrogens (tertiary/aromatic N) is 1. The van der Waals surface area contributed by atoms with Crippen LogP contribution in [-0.2, 0) is 0 Å². The van der Waals surface area contributed by atoms with E-state index in [0.717, 1.165) is 0 Å². The van der Waals surface area contributed by atoms with E-state index in [1.165, 1.54) is 0 Å². The summed E-state index contributed by atoms with van der Waals surface area (Å²) in [6.45, 7) is 0. The van der Waals surface area contributed by atoms with Crippen LogP contribution in [0.15, 0.2) is 12.3 Å². The van der Waals surface area contributed by atoms with Crippen molar-refractivity contribution in [3.8, 4) is 0 Å². The molecule has 0 aromatic carbocycles. The summed E-state index contributed by atoms with van der Waals surface area (Å²) >= 11 is 0. The highest BCUT2D eigenvalue weighted by molar-refractivity contribution is 4.88. The molecular formula is C4HF8N. The fraction of sp³-hybridized carbons (Fsp3) is 0.500. The minimum atomic E-state index is -6.05. The first-order chi connectivity index (χ1) is 5.60. The first-order valence-electron chi connectivity index (χ1n) is 2.50. The number of halogens is 8. The highest BCUT2D eigenvalue weighted by atomic mass is 19.4. The van der Waals surface area contributed by atoms with E-state index >= 15 is 0 Å². The predicted molar refractivity (Wildman–Crippen MR) is 24.2 cm³/mol. The third-order valence-electron chi connectivity index (χ3n) is 0.811. The van der Waals surface area contributed by atoms with Crippen molar-refractivity contribution < 1.29 is 35.1 Å². The van der Waals surface area contributed by atoms with Crippen LogP contribution in [0.2, 0.25) is 0 Å². The van der Waals surface area contributed by atoms with Gasteiger partial charge in [0.05, 0.1) is 0 Å². The average molecular weight is 215 g/mol. The summed E-state index contributed by atoms with van der Waals surface area (Å²) in [7, 11) is 0. The van der Waals surface area contributed by atoms with E-state index in [1.54, 1.807) is 0 Å². The van der Waals surface area contributed by atoms with Crippen molar-refractivity contribution in [1.82, 2.24) is 4.90 Å². The van der Waals surface area contributed by atoms with E-state index in [0.29, 0.717) is 0 Å². The molecule has 0 aliphatic rings. The lowest BCUT2D eigenvalue weighted by molar-refractivity contribution is -0.365. The Morgan fingerprint density at radius 3 is 1.31 bits per heavy atom. The van der Waals surface area contributed by atoms with Gasteiger partial charge in [-0.05, 0) is 0 Å². The lowest BCUT2D eigenvalue weighted by Gasteiger charge is -2.25. The molecule has 0 spiro atoms. The van der Waals surface area contributed by atoms with Crippen LogP contribution in [0.25, 0.3) is 0 Å². The van der Waals surface area contributed by atoms with Gasteiger partial charge in [0.2, 0.25) is 5.95 Å². The lowest BCUT2D eigenvalue weighted by Crippen LogP contribution is -2.46. The molecule has 0 saturated heterocycles. The van der Waals surface area contributed by atoms with Gasteiger partial charge in [0, 0.05) is 0 Å².